The van der Waals surface area contributed by atoms with E-state index >= 15 is 0 Å². The van der Waals surface area contributed by atoms with Crippen LogP contribution < -0.4 is 20.1 Å². The number of carbonyl (C=O) groups excluding carboxylic acids is 1. The number of rotatable bonds is 10. The zero-order chi connectivity index (χ0) is 22.2. The minimum atomic E-state index is -0.304. The van der Waals surface area contributed by atoms with E-state index in [2.05, 4.69) is 32.7 Å². The molecule has 0 aliphatic heterocycles. The van der Waals surface area contributed by atoms with Gasteiger partial charge in [0.15, 0.2) is 18.1 Å². The van der Waals surface area contributed by atoms with Crippen molar-refractivity contribution in [1.82, 2.24) is 20.2 Å². The van der Waals surface area contributed by atoms with Crippen molar-refractivity contribution in [2.24, 2.45) is 0 Å². The highest BCUT2D eigenvalue weighted by Crippen LogP contribution is 2.36. The summed E-state index contributed by atoms with van der Waals surface area (Å²) in [5.41, 5.74) is 2.63. The van der Waals surface area contributed by atoms with E-state index in [1.807, 2.05) is 31.2 Å². The van der Waals surface area contributed by atoms with Crippen LogP contribution in [0.4, 0.5) is 11.6 Å². The van der Waals surface area contributed by atoms with E-state index in [0.717, 1.165) is 11.1 Å². The predicted octanol–water partition coefficient (Wildman–Crippen LogP) is 3.46. The fourth-order valence-corrected chi connectivity index (χ4v) is 3.03. The molecular formula is C21H23ClN6O3. The molecule has 31 heavy (non-hydrogen) atoms. The average Bonchev–Trinajstić information content (AvgIpc) is 3.20. The number of benzene rings is 2. The third-order valence-electron chi connectivity index (χ3n) is 4.26. The van der Waals surface area contributed by atoms with Gasteiger partial charge in [0.25, 0.3) is 5.91 Å². The summed E-state index contributed by atoms with van der Waals surface area (Å²) in [7, 11) is 1.51. The molecule has 0 atom stereocenters. The van der Waals surface area contributed by atoms with Crippen molar-refractivity contribution in [2.45, 2.75) is 20.0 Å². The molecule has 0 fully saturated rings. The van der Waals surface area contributed by atoms with Crippen molar-refractivity contribution in [3.05, 3.63) is 65.2 Å². The molecule has 0 radical (unpaired) electrons. The Kier molecular flexibility index (Phi) is 7.45. The van der Waals surface area contributed by atoms with Gasteiger partial charge in [-0.25, -0.2) is 4.68 Å². The Morgan fingerprint density at radius 1 is 1.29 bits per heavy atom. The Morgan fingerprint density at radius 3 is 2.77 bits per heavy atom. The highest BCUT2D eigenvalue weighted by atomic mass is 35.5. The number of allylic oxidation sites excluding steroid dienone is 1. The summed E-state index contributed by atoms with van der Waals surface area (Å²) in [6, 6.07) is 11.0. The van der Waals surface area contributed by atoms with Crippen LogP contribution in [0.1, 0.15) is 11.1 Å². The van der Waals surface area contributed by atoms with E-state index in [1.54, 1.807) is 22.9 Å². The van der Waals surface area contributed by atoms with Crippen molar-refractivity contribution in [2.75, 3.05) is 24.4 Å². The van der Waals surface area contributed by atoms with E-state index in [0.29, 0.717) is 41.2 Å². The Morgan fingerprint density at radius 2 is 2.06 bits per heavy atom. The lowest BCUT2D eigenvalue weighted by Gasteiger charge is -2.15. The van der Waals surface area contributed by atoms with Crippen molar-refractivity contribution >= 4 is 29.1 Å². The highest BCUT2D eigenvalue weighted by molar-refractivity contribution is 6.32. The molecule has 162 valence electrons. The quantitative estimate of drug-likeness (QED) is 0.463. The minimum Gasteiger partial charge on any atom is -0.493 e. The molecule has 3 aromatic rings. The Labute approximate surface area is 185 Å². The van der Waals surface area contributed by atoms with Crippen molar-refractivity contribution in [1.29, 1.82) is 0 Å². The molecule has 1 heterocycles. The second kappa shape index (κ2) is 10.4. The Hall–Kier alpha value is -3.59. The molecule has 1 aromatic heterocycles. The summed E-state index contributed by atoms with van der Waals surface area (Å²) >= 11 is 6.39. The lowest BCUT2D eigenvalue weighted by atomic mass is 10.2. The summed E-state index contributed by atoms with van der Waals surface area (Å²) in [5, 5.41) is 17.7. The van der Waals surface area contributed by atoms with Crippen LogP contribution in [-0.2, 0) is 17.9 Å². The van der Waals surface area contributed by atoms with Crippen LogP contribution in [0.15, 0.2) is 49.1 Å². The van der Waals surface area contributed by atoms with Gasteiger partial charge in [-0.1, -0.05) is 40.5 Å². The number of nitrogens with one attached hydrogen (secondary N) is 2. The summed E-state index contributed by atoms with van der Waals surface area (Å²) in [6.07, 6.45) is 1.70. The third kappa shape index (κ3) is 5.95. The van der Waals surface area contributed by atoms with Crippen molar-refractivity contribution in [3.8, 4) is 11.5 Å². The van der Waals surface area contributed by atoms with Gasteiger partial charge in [-0.05, 0) is 47.2 Å². The van der Waals surface area contributed by atoms with Crippen molar-refractivity contribution in [3.63, 3.8) is 0 Å². The summed E-state index contributed by atoms with van der Waals surface area (Å²) in [5.74, 6) is 0.909. The van der Waals surface area contributed by atoms with Crippen LogP contribution in [0.5, 0.6) is 11.5 Å². The number of anilines is 2. The number of hydrogen-bond donors (Lipinski definition) is 2. The monoisotopic (exact) mass is 442 g/mol. The van der Waals surface area contributed by atoms with E-state index in [9.17, 15) is 4.79 Å². The molecule has 2 aromatic carbocycles. The zero-order valence-electron chi connectivity index (χ0n) is 17.3. The van der Waals surface area contributed by atoms with E-state index in [-0.39, 0.29) is 12.5 Å². The van der Waals surface area contributed by atoms with Gasteiger partial charge in [-0.2, -0.15) is 0 Å². The summed E-state index contributed by atoms with van der Waals surface area (Å²) < 4.78 is 12.6. The first-order valence-electron chi connectivity index (χ1n) is 9.46. The van der Waals surface area contributed by atoms with E-state index in [4.69, 9.17) is 21.1 Å². The fraction of sp³-hybridized carbons (Fsp3) is 0.238. The number of aromatic nitrogens is 4. The largest absolute Gasteiger partial charge is 0.493 e. The van der Waals surface area contributed by atoms with Gasteiger partial charge in [0.2, 0.25) is 5.95 Å². The first-order chi connectivity index (χ1) is 15.0. The summed E-state index contributed by atoms with van der Waals surface area (Å²) in [4.78, 5) is 12.2. The number of carbonyl (C=O) groups is 1. The van der Waals surface area contributed by atoms with Crippen LogP contribution in [0.25, 0.3) is 0 Å². The molecule has 9 nitrogen and oxygen atoms in total. The number of hydrogen-bond acceptors (Lipinski definition) is 7. The maximum absolute atomic E-state index is 12.2. The molecule has 1 amide bonds. The molecule has 0 bridgehead atoms. The first kappa shape index (κ1) is 22.1. The van der Waals surface area contributed by atoms with Crippen LogP contribution >= 0.6 is 11.6 Å². The van der Waals surface area contributed by atoms with E-state index in [1.165, 1.54) is 7.11 Å². The molecule has 0 aliphatic carbocycles. The normalized spacial score (nSPS) is 10.4. The molecule has 0 unspecified atom stereocenters. The topological polar surface area (TPSA) is 103 Å². The Bertz CT molecular complexity index is 1050. The maximum atomic E-state index is 12.2. The van der Waals surface area contributed by atoms with Gasteiger partial charge in [-0.15, -0.1) is 6.58 Å². The number of tetrazole rings is 1. The van der Waals surface area contributed by atoms with Crippen LogP contribution in [0.2, 0.25) is 5.02 Å². The number of aryl methyl sites for hydroxylation is 1. The number of nitrogens with zero attached hydrogens (tertiary/aromatic N) is 4. The highest BCUT2D eigenvalue weighted by Gasteiger charge is 2.15. The van der Waals surface area contributed by atoms with Gasteiger partial charge >= 0.3 is 0 Å². The van der Waals surface area contributed by atoms with Gasteiger partial charge < -0.3 is 20.1 Å². The second-order valence-electron chi connectivity index (χ2n) is 6.64. The molecule has 0 spiro atoms. The van der Waals surface area contributed by atoms with Gasteiger partial charge in [-0.3, -0.25) is 4.79 Å². The minimum absolute atomic E-state index is 0.210. The fourth-order valence-electron chi connectivity index (χ4n) is 2.74. The molecule has 0 saturated heterocycles. The maximum Gasteiger partial charge on any atom is 0.262 e. The number of halogens is 1. The summed E-state index contributed by atoms with van der Waals surface area (Å²) in [6.45, 7) is 6.33. The van der Waals surface area contributed by atoms with Gasteiger partial charge in [0.05, 0.1) is 18.7 Å². The zero-order valence-corrected chi connectivity index (χ0v) is 18.0. The Balaban J connectivity index is 1.63. The second-order valence-corrected chi connectivity index (χ2v) is 7.05. The predicted molar refractivity (Wildman–Crippen MR) is 119 cm³/mol. The molecule has 0 saturated carbocycles. The third-order valence-corrected chi connectivity index (χ3v) is 4.54. The van der Waals surface area contributed by atoms with Gasteiger partial charge in [0.1, 0.15) is 0 Å². The van der Waals surface area contributed by atoms with Crippen LogP contribution in [0, 0.1) is 6.92 Å². The van der Waals surface area contributed by atoms with Gasteiger partial charge in [0, 0.05) is 12.2 Å². The number of amides is 1. The molecule has 2 N–H and O–H groups in total. The smallest absolute Gasteiger partial charge is 0.262 e. The first-order valence-corrected chi connectivity index (χ1v) is 9.84. The standard InChI is InChI=1S/C21H23ClN6O3/c1-4-9-28-21(25-26-27-28)23-12-15-10-17(22)20(18(11-15)30-3)31-13-19(29)24-16-7-5-14(2)6-8-16/h4-8,10-11H,1,9,12-13H2,2-3H3,(H,24,29)(H,23,25,27). The SMILES string of the molecule is C=CCn1nnnc1NCc1cc(Cl)c(OCC(=O)Nc2ccc(C)cc2)c(OC)c1. The molecule has 0 aliphatic rings. The lowest BCUT2D eigenvalue weighted by molar-refractivity contribution is -0.118. The number of ether oxygens (including phenoxy) is 2. The van der Waals surface area contributed by atoms with Crippen molar-refractivity contribution < 1.29 is 14.3 Å². The lowest BCUT2D eigenvalue weighted by Crippen LogP contribution is -2.20. The number of methoxy groups -OCH3 is 1. The molecule has 3 rings (SSSR count). The average molecular weight is 443 g/mol. The van der Waals surface area contributed by atoms with E-state index < -0.39 is 0 Å². The van der Waals surface area contributed by atoms with Crippen LogP contribution in [0.3, 0.4) is 0 Å². The van der Waals surface area contributed by atoms with Crippen LogP contribution in [-0.4, -0.2) is 39.8 Å². The molecular weight excluding hydrogens is 420 g/mol. The molecule has 10 heteroatoms.